The molecule has 0 aromatic carbocycles. The summed E-state index contributed by atoms with van der Waals surface area (Å²) in [6, 6.07) is 2.32. The summed E-state index contributed by atoms with van der Waals surface area (Å²) >= 11 is 1.63. The van der Waals surface area contributed by atoms with Gasteiger partial charge in [-0.3, -0.25) is 4.90 Å². The highest BCUT2D eigenvalue weighted by molar-refractivity contribution is 7.08. The van der Waals surface area contributed by atoms with Crippen LogP contribution in [-0.2, 0) is 6.54 Å². The van der Waals surface area contributed by atoms with Crippen LogP contribution in [0.25, 0.3) is 11.4 Å². The summed E-state index contributed by atoms with van der Waals surface area (Å²) in [5, 5.41) is 8.06. The Morgan fingerprint density at radius 2 is 2.47 bits per heavy atom. The van der Waals surface area contributed by atoms with Crippen molar-refractivity contribution < 1.29 is 4.52 Å². The Kier molecular flexibility index (Phi) is 3.63. The van der Waals surface area contributed by atoms with Crippen molar-refractivity contribution >= 4 is 11.3 Å². The fourth-order valence-corrected chi connectivity index (χ4v) is 3.05. The number of hydrogen-bond acceptors (Lipinski definition) is 6. The van der Waals surface area contributed by atoms with Crippen LogP contribution >= 0.6 is 11.3 Å². The molecular formula is C13H18N4OS. The maximum Gasteiger partial charge on any atom is 0.241 e. The van der Waals surface area contributed by atoms with Crippen LogP contribution in [0.5, 0.6) is 0 Å². The zero-order valence-corrected chi connectivity index (χ0v) is 11.8. The van der Waals surface area contributed by atoms with Gasteiger partial charge in [-0.15, -0.1) is 0 Å². The smallest absolute Gasteiger partial charge is 0.241 e. The van der Waals surface area contributed by atoms with Crippen LogP contribution in [0.2, 0.25) is 0 Å². The molecule has 3 rings (SSSR count). The first-order valence-electron chi connectivity index (χ1n) is 6.55. The fourth-order valence-electron chi connectivity index (χ4n) is 2.41. The molecule has 2 N–H and O–H groups in total. The van der Waals surface area contributed by atoms with Crippen LogP contribution in [0.3, 0.4) is 0 Å². The highest BCUT2D eigenvalue weighted by Crippen LogP contribution is 2.20. The molecule has 1 fully saturated rings. The fraction of sp³-hybridized carbons (Fsp3) is 0.538. The summed E-state index contributed by atoms with van der Waals surface area (Å²) in [7, 11) is 0. The van der Waals surface area contributed by atoms with E-state index in [1.165, 1.54) is 0 Å². The largest absolute Gasteiger partial charge is 0.338 e. The third kappa shape index (κ3) is 2.86. The van der Waals surface area contributed by atoms with Gasteiger partial charge in [-0.1, -0.05) is 12.1 Å². The van der Waals surface area contributed by atoms with Gasteiger partial charge >= 0.3 is 0 Å². The van der Waals surface area contributed by atoms with E-state index in [1.807, 2.05) is 16.8 Å². The number of nitrogens with two attached hydrogens (primary N) is 1. The molecule has 0 spiro atoms. The van der Waals surface area contributed by atoms with E-state index in [0.717, 1.165) is 25.1 Å². The Balaban J connectivity index is 1.64. The lowest BCUT2D eigenvalue weighted by molar-refractivity contribution is 0.142. The van der Waals surface area contributed by atoms with Crippen molar-refractivity contribution in [2.24, 2.45) is 11.7 Å². The third-order valence-electron chi connectivity index (χ3n) is 3.66. The van der Waals surface area contributed by atoms with Crippen LogP contribution < -0.4 is 5.73 Å². The summed E-state index contributed by atoms with van der Waals surface area (Å²) in [6.45, 7) is 4.91. The van der Waals surface area contributed by atoms with Crippen LogP contribution in [-0.4, -0.2) is 34.2 Å². The number of likely N-dealkylation sites (tertiary alicyclic amines) is 1. The van der Waals surface area contributed by atoms with Crippen molar-refractivity contribution in [1.82, 2.24) is 15.0 Å². The summed E-state index contributed by atoms with van der Waals surface area (Å²) in [6.07, 6.45) is 1.03. The molecule has 3 heterocycles. The van der Waals surface area contributed by atoms with Gasteiger partial charge in [-0.2, -0.15) is 16.3 Å². The molecule has 2 aromatic rings. The minimum atomic E-state index is 0.320. The van der Waals surface area contributed by atoms with Crippen molar-refractivity contribution in [1.29, 1.82) is 0 Å². The minimum Gasteiger partial charge on any atom is -0.338 e. The SMILES string of the molecule is CC1CN(Cc2nc(-c3ccsc3)no2)CCC1N. The van der Waals surface area contributed by atoms with Crippen molar-refractivity contribution in [2.45, 2.75) is 25.9 Å². The van der Waals surface area contributed by atoms with Gasteiger partial charge in [0, 0.05) is 30.1 Å². The van der Waals surface area contributed by atoms with Crippen LogP contribution in [0, 0.1) is 5.92 Å². The van der Waals surface area contributed by atoms with Crippen LogP contribution in [0.4, 0.5) is 0 Å². The van der Waals surface area contributed by atoms with Crippen LogP contribution in [0.15, 0.2) is 21.3 Å². The zero-order chi connectivity index (χ0) is 13.2. The van der Waals surface area contributed by atoms with Gasteiger partial charge in [0.2, 0.25) is 11.7 Å². The Bertz CT molecular complexity index is 524. The van der Waals surface area contributed by atoms with E-state index in [-0.39, 0.29) is 0 Å². The second-order valence-electron chi connectivity index (χ2n) is 5.19. The topological polar surface area (TPSA) is 68.2 Å². The zero-order valence-electron chi connectivity index (χ0n) is 11.0. The molecule has 5 nitrogen and oxygen atoms in total. The van der Waals surface area contributed by atoms with E-state index >= 15 is 0 Å². The van der Waals surface area contributed by atoms with Crippen molar-refractivity contribution in [3.8, 4) is 11.4 Å². The van der Waals surface area contributed by atoms with E-state index in [2.05, 4.69) is 22.0 Å². The average Bonchev–Trinajstić information content (AvgIpc) is 3.04. The molecule has 1 aliphatic rings. The molecule has 0 bridgehead atoms. The third-order valence-corrected chi connectivity index (χ3v) is 4.35. The lowest BCUT2D eigenvalue weighted by Gasteiger charge is -2.34. The molecule has 0 radical (unpaired) electrons. The van der Waals surface area contributed by atoms with Gasteiger partial charge < -0.3 is 10.3 Å². The molecule has 0 aliphatic carbocycles. The van der Waals surface area contributed by atoms with E-state index in [9.17, 15) is 0 Å². The highest BCUT2D eigenvalue weighted by Gasteiger charge is 2.24. The number of aromatic nitrogens is 2. The number of hydrogen-bond donors (Lipinski definition) is 1. The molecule has 0 saturated carbocycles. The van der Waals surface area contributed by atoms with Gasteiger partial charge in [0.1, 0.15) is 0 Å². The maximum absolute atomic E-state index is 6.03. The predicted octanol–water partition coefficient (Wildman–Crippen LogP) is 1.97. The van der Waals surface area contributed by atoms with E-state index < -0.39 is 0 Å². The van der Waals surface area contributed by atoms with Gasteiger partial charge in [0.15, 0.2) is 0 Å². The molecule has 1 saturated heterocycles. The first-order valence-corrected chi connectivity index (χ1v) is 7.50. The molecule has 2 aromatic heterocycles. The summed E-state index contributed by atoms with van der Waals surface area (Å²) < 4.78 is 5.32. The Labute approximate surface area is 116 Å². The highest BCUT2D eigenvalue weighted by atomic mass is 32.1. The van der Waals surface area contributed by atoms with Crippen molar-refractivity contribution in [2.75, 3.05) is 13.1 Å². The molecule has 2 unspecified atom stereocenters. The Hall–Kier alpha value is -1.24. The number of rotatable bonds is 3. The number of thiophene rings is 1. The van der Waals surface area contributed by atoms with Gasteiger partial charge in [0.25, 0.3) is 0 Å². The first-order chi connectivity index (χ1) is 9.22. The summed E-state index contributed by atoms with van der Waals surface area (Å²) in [5.74, 6) is 1.88. The van der Waals surface area contributed by atoms with Crippen molar-refractivity contribution in [3.63, 3.8) is 0 Å². The van der Waals surface area contributed by atoms with Gasteiger partial charge in [-0.25, -0.2) is 0 Å². The lowest BCUT2D eigenvalue weighted by Crippen LogP contribution is -2.45. The van der Waals surface area contributed by atoms with Gasteiger partial charge in [-0.05, 0) is 23.8 Å². The monoisotopic (exact) mass is 278 g/mol. The first kappa shape index (κ1) is 12.8. The molecule has 2 atom stereocenters. The standard InChI is InChI=1S/C13H18N4OS/c1-9-6-17(4-2-11(9)14)7-12-15-13(16-18-12)10-3-5-19-8-10/h3,5,8-9,11H,2,4,6-7,14H2,1H3. The normalized spacial score (nSPS) is 24.7. The maximum atomic E-state index is 6.03. The second kappa shape index (κ2) is 5.40. The number of piperidine rings is 1. The minimum absolute atomic E-state index is 0.320. The van der Waals surface area contributed by atoms with E-state index in [1.54, 1.807) is 11.3 Å². The quantitative estimate of drug-likeness (QED) is 0.929. The second-order valence-corrected chi connectivity index (χ2v) is 5.97. The molecule has 0 amide bonds. The molecule has 1 aliphatic heterocycles. The summed E-state index contributed by atoms with van der Waals surface area (Å²) in [4.78, 5) is 6.78. The molecule has 102 valence electrons. The van der Waals surface area contributed by atoms with Crippen molar-refractivity contribution in [3.05, 3.63) is 22.7 Å². The molecular weight excluding hydrogens is 260 g/mol. The molecule has 6 heteroatoms. The summed E-state index contributed by atoms with van der Waals surface area (Å²) in [5.41, 5.74) is 7.05. The predicted molar refractivity (Wildman–Crippen MR) is 74.6 cm³/mol. The Morgan fingerprint density at radius 1 is 1.58 bits per heavy atom. The Morgan fingerprint density at radius 3 is 3.21 bits per heavy atom. The average molecular weight is 278 g/mol. The van der Waals surface area contributed by atoms with Gasteiger partial charge in [0.05, 0.1) is 6.54 Å². The van der Waals surface area contributed by atoms with E-state index in [4.69, 9.17) is 10.3 Å². The van der Waals surface area contributed by atoms with Crippen LogP contribution in [0.1, 0.15) is 19.2 Å². The lowest BCUT2D eigenvalue weighted by atomic mass is 9.95. The number of nitrogens with zero attached hydrogens (tertiary/aromatic N) is 3. The van der Waals surface area contributed by atoms with E-state index in [0.29, 0.717) is 30.2 Å². The molecule has 19 heavy (non-hydrogen) atoms.